The van der Waals surface area contributed by atoms with Crippen molar-refractivity contribution in [2.75, 3.05) is 5.75 Å². The molecular formula is C8H15NO2S. The zero-order valence-corrected chi connectivity index (χ0v) is 7.89. The predicted octanol–water partition coefficient (Wildman–Crippen LogP) is 0.467. The van der Waals surface area contributed by atoms with Crippen LogP contribution in [0.15, 0.2) is 12.7 Å². The van der Waals surface area contributed by atoms with Crippen LogP contribution in [0.3, 0.4) is 0 Å². The first-order chi connectivity index (χ1) is 5.58. The van der Waals surface area contributed by atoms with Gasteiger partial charge in [-0.05, 0) is 12.8 Å². The number of sulfone groups is 1. The number of nitrogens with two attached hydrogens (primary N) is 1. The lowest BCUT2D eigenvalue weighted by Gasteiger charge is -2.25. The molecule has 1 saturated heterocycles. The van der Waals surface area contributed by atoms with Crippen molar-refractivity contribution in [2.24, 2.45) is 5.73 Å². The molecule has 0 aromatic rings. The molecule has 0 aliphatic carbocycles. The third kappa shape index (κ3) is 1.87. The maximum atomic E-state index is 11.5. The Morgan fingerprint density at radius 2 is 2.17 bits per heavy atom. The second-order valence-corrected chi connectivity index (χ2v) is 5.55. The van der Waals surface area contributed by atoms with Crippen LogP contribution in [-0.4, -0.2) is 25.5 Å². The largest absolute Gasteiger partial charge is 0.323 e. The standard InChI is InChI=1S/C8H15NO2S/c1-2-7(9)8-5-3-4-6-12(8,10)11/h2,7-8H,1,3-6,9H2. The van der Waals surface area contributed by atoms with Crippen LogP contribution in [0.2, 0.25) is 0 Å². The van der Waals surface area contributed by atoms with E-state index in [4.69, 9.17) is 5.73 Å². The molecule has 0 aromatic heterocycles. The molecule has 4 heteroatoms. The normalized spacial score (nSPS) is 30.9. The minimum atomic E-state index is -2.93. The van der Waals surface area contributed by atoms with Gasteiger partial charge in [-0.15, -0.1) is 6.58 Å². The topological polar surface area (TPSA) is 60.2 Å². The van der Waals surface area contributed by atoms with Crippen LogP contribution >= 0.6 is 0 Å². The highest BCUT2D eigenvalue weighted by Gasteiger charge is 2.31. The van der Waals surface area contributed by atoms with Gasteiger partial charge in [-0.3, -0.25) is 0 Å². The van der Waals surface area contributed by atoms with Gasteiger partial charge in [0.2, 0.25) is 0 Å². The fourth-order valence-corrected chi connectivity index (χ4v) is 3.59. The van der Waals surface area contributed by atoms with Gasteiger partial charge in [0.05, 0.1) is 11.0 Å². The van der Waals surface area contributed by atoms with Gasteiger partial charge in [-0.25, -0.2) is 8.42 Å². The average molecular weight is 189 g/mol. The van der Waals surface area contributed by atoms with Gasteiger partial charge >= 0.3 is 0 Å². The molecule has 1 aliphatic rings. The molecule has 3 nitrogen and oxygen atoms in total. The molecule has 0 spiro atoms. The molecule has 0 bridgehead atoms. The highest BCUT2D eigenvalue weighted by atomic mass is 32.2. The van der Waals surface area contributed by atoms with Gasteiger partial charge in [0, 0.05) is 6.04 Å². The molecule has 0 amide bonds. The SMILES string of the molecule is C=CC(N)C1CCCCS1(=O)=O. The van der Waals surface area contributed by atoms with Crippen LogP contribution in [0.1, 0.15) is 19.3 Å². The quantitative estimate of drug-likeness (QED) is 0.642. The molecule has 1 aliphatic heterocycles. The van der Waals surface area contributed by atoms with Gasteiger partial charge in [0.25, 0.3) is 0 Å². The second-order valence-electron chi connectivity index (χ2n) is 3.21. The Kier molecular flexibility index (Phi) is 2.90. The predicted molar refractivity (Wildman–Crippen MR) is 49.6 cm³/mol. The van der Waals surface area contributed by atoms with Crippen molar-refractivity contribution in [1.29, 1.82) is 0 Å². The zero-order valence-electron chi connectivity index (χ0n) is 7.07. The van der Waals surface area contributed by atoms with E-state index in [1.165, 1.54) is 6.08 Å². The van der Waals surface area contributed by atoms with E-state index >= 15 is 0 Å². The van der Waals surface area contributed by atoms with Crippen molar-refractivity contribution in [2.45, 2.75) is 30.6 Å². The third-order valence-electron chi connectivity index (χ3n) is 2.33. The Bertz CT molecular complexity index is 258. The zero-order chi connectivity index (χ0) is 9.19. The van der Waals surface area contributed by atoms with Gasteiger partial charge in [0.15, 0.2) is 9.84 Å². The highest BCUT2D eigenvalue weighted by molar-refractivity contribution is 7.92. The van der Waals surface area contributed by atoms with Gasteiger partial charge in [0.1, 0.15) is 0 Å². The van der Waals surface area contributed by atoms with Crippen LogP contribution in [0.5, 0.6) is 0 Å². The Morgan fingerprint density at radius 1 is 1.50 bits per heavy atom. The van der Waals surface area contributed by atoms with Gasteiger partial charge in [-0.2, -0.15) is 0 Å². The summed E-state index contributed by atoms with van der Waals surface area (Å²) in [5, 5.41) is -0.385. The number of hydrogen-bond acceptors (Lipinski definition) is 3. The molecule has 1 heterocycles. The Labute approximate surface area is 73.6 Å². The Morgan fingerprint density at radius 3 is 2.67 bits per heavy atom. The first-order valence-corrected chi connectivity index (χ1v) is 5.89. The first-order valence-electron chi connectivity index (χ1n) is 4.17. The molecule has 12 heavy (non-hydrogen) atoms. The molecule has 1 fully saturated rings. The van der Waals surface area contributed by atoms with E-state index in [0.717, 1.165) is 12.8 Å². The minimum absolute atomic E-state index is 0.291. The average Bonchev–Trinajstić information content (AvgIpc) is 2.02. The van der Waals surface area contributed by atoms with Crippen molar-refractivity contribution < 1.29 is 8.42 Å². The van der Waals surface area contributed by atoms with Gasteiger partial charge in [-0.1, -0.05) is 12.5 Å². The van der Waals surface area contributed by atoms with Crippen LogP contribution < -0.4 is 5.73 Å². The van der Waals surface area contributed by atoms with Crippen molar-refractivity contribution >= 4 is 9.84 Å². The van der Waals surface area contributed by atoms with E-state index in [-0.39, 0.29) is 5.25 Å². The van der Waals surface area contributed by atoms with Crippen molar-refractivity contribution in [1.82, 2.24) is 0 Å². The van der Waals surface area contributed by atoms with E-state index < -0.39 is 15.9 Å². The van der Waals surface area contributed by atoms with E-state index in [0.29, 0.717) is 12.2 Å². The van der Waals surface area contributed by atoms with Crippen molar-refractivity contribution in [3.05, 3.63) is 12.7 Å². The highest BCUT2D eigenvalue weighted by Crippen LogP contribution is 2.21. The van der Waals surface area contributed by atoms with Crippen molar-refractivity contribution in [3.63, 3.8) is 0 Å². The minimum Gasteiger partial charge on any atom is -0.323 e. The van der Waals surface area contributed by atoms with Crippen LogP contribution in [-0.2, 0) is 9.84 Å². The molecular weight excluding hydrogens is 174 g/mol. The summed E-state index contributed by atoms with van der Waals surface area (Å²) in [7, 11) is -2.93. The summed E-state index contributed by atoms with van der Waals surface area (Å²) in [6.45, 7) is 3.51. The molecule has 70 valence electrons. The Balaban J connectivity index is 2.80. The summed E-state index contributed by atoms with van der Waals surface area (Å²) < 4.78 is 22.9. The summed E-state index contributed by atoms with van der Waals surface area (Å²) in [5.41, 5.74) is 5.63. The molecule has 2 N–H and O–H groups in total. The molecule has 0 aromatic carbocycles. The van der Waals surface area contributed by atoms with Gasteiger partial charge < -0.3 is 5.73 Å². The number of hydrogen-bond donors (Lipinski definition) is 1. The lowest BCUT2D eigenvalue weighted by Crippen LogP contribution is -2.42. The fourth-order valence-electron chi connectivity index (χ4n) is 1.56. The number of rotatable bonds is 2. The maximum Gasteiger partial charge on any atom is 0.155 e. The summed E-state index contributed by atoms with van der Waals surface area (Å²) in [4.78, 5) is 0. The van der Waals surface area contributed by atoms with Crippen LogP contribution in [0.4, 0.5) is 0 Å². The second kappa shape index (κ2) is 3.58. The first kappa shape index (κ1) is 9.74. The van der Waals surface area contributed by atoms with E-state index in [2.05, 4.69) is 6.58 Å². The fraction of sp³-hybridized carbons (Fsp3) is 0.750. The van der Waals surface area contributed by atoms with E-state index in [9.17, 15) is 8.42 Å². The summed E-state index contributed by atoms with van der Waals surface area (Å²) >= 11 is 0. The summed E-state index contributed by atoms with van der Waals surface area (Å²) in [6.07, 6.45) is 3.96. The molecule has 2 atom stereocenters. The van der Waals surface area contributed by atoms with E-state index in [1.807, 2.05) is 0 Å². The lowest BCUT2D eigenvalue weighted by molar-refractivity contribution is 0.523. The lowest BCUT2D eigenvalue weighted by atomic mass is 10.1. The third-order valence-corrected chi connectivity index (χ3v) is 4.66. The molecule has 1 rings (SSSR count). The summed E-state index contributed by atoms with van der Waals surface area (Å²) in [6, 6.07) is -0.393. The smallest absolute Gasteiger partial charge is 0.155 e. The summed E-state index contributed by atoms with van der Waals surface area (Å²) in [5.74, 6) is 0.291. The van der Waals surface area contributed by atoms with Crippen molar-refractivity contribution in [3.8, 4) is 0 Å². The van der Waals surface area contributed by atoms with Crippen LogP contribution in [0, 0.1) is 0 Å². The van der Waals surface area contributed by atoms with Crippen LogP contribution in [0.25, 0.3) is 0 Å². The monoisotopic (exact) mass is 189 g/mol. The van der Waals surface area contributed by atoms with E-state index in [1.54, 1.807) is 0 Å². The maximum absolute atomic E-state index is 11.5. The molecule has 2 unspecified atom stereocenters. The molecule has 0 saturated carbocycles. The molecule has 0 radical (unpaired) electrons. The Hall–Kier alpha value is -0.350.